The number of carbonyl (C=O) groups excluding carboxylic acids is 1. The molecular formula is C28H24Cl3N3O. The van der Waals surface area contributed by atoms with Crippen molar-refractivity contribution in [3.05, 3.63) is 116 Å². The predicted octanol–water partition coefficient (Wildman–Crippen LogP) is 8.19. The lowest BCUT2D eigenvalue weighted by molar-refractivity contribution is 0.0934. The van der Waals surface area contributed by atoms with Gasteiger partial charge in [0.15, 0.2) is 5.69 Å². The highest BCUT2D eigenvalue weighted by atomic mass is 35.5. The quantitative estimate of drug-likeness (QED) is 0.276. The monoisotopic (exact) mass is 523 g/mol. The van der Waals surface area contributed by atoms with Crippen LogP contribution in [0.5, 0.6) is 0 Å². The van der Waals surface area contributed by atoms with E-state index >= 15 is 0 Å². The van der Waals surface area contributed by atoms with E-state index in [1.807, 2.05) is 81.4 Å². The van der Waals surface area contributed by atoms with Crippen LogP contribution >= 0.6 is 34.8 Å². The molecule has 0 aliphatic carbocycles. The van der Waals surface area contributed by atoms with Gasteiger partial charge in [0.1, 0.15) is 0 Å². The van der Waals surface area contributed by atoms with Gasteiger partial charge in [0.2, 0.25) is 0 Å². The average molecular weight is 525 g/mol. The Hall–Kier alpha value is -3.05. The lowest BCUT2D eigenvalue weighted by Crippen LogP contribution is -2.27. The maximum atomic E-state index is 13.3. The zero-order valence-electron chi connectivity index (χ0n) is 19.5. The van der Waals surface area contributed by atoms with Gasteiger partial charge in [0.25, 0.3) is 5.91 Å². The fraction of sp³-hybridized carbons (Fsp3) is 0.143. The summed E-state index contributed by atoms with van der Waals surface area (Å²) in [5.74, 6) is -0.264. The number of amides is 1. The molecule has 4 nitrogen and oxygen atoms in total. The van der Waals surface area contributed by atoms with Crippen LogP contribution in [0.25, 0.3) is 17.3 Å². The fourth-order valence-corrected chi connectivity index (χ4v) is 4.69. The van der Waals surface area contributed by atoms with Gasteiger partial charge in [-0.25, -0.2) is 4.68 Å². The Morgan fingerprint density at radius 3 is 2.37 bits per heavy atom. The largest absolute Gasteiger partial charge is 0.344 e. The molecule has 1 N–H and O–H groups in total. The Labute approximate surface area is 220 Å². The molecule has 0 fully saturated rings. The third-order valence-electron chi connectivity index (χ3n) is 5.73. The van der Waals surface area contributed by atoms with Crippen LogP contribution in [0.2, 0.25) is 15.1 Å². The van der Waals surface area contributed by atoms with Gasteiger partial charge in [-0.15, -0.1) is 0 Å². The molecule has 0 unspecified atom stereocenters. The van der Waals surface area contributed by atoms with Gasteiger partial charge < -0.3 is 5.32 Å². The van der Waals surface area contributed by atoms with E-state index in [0.29, 0.717) is 26.4 Å². The molecular weight excluding hydrogens is 501 g/mol. The van der Waals surface area contributed by atoms with Crippen LogP contribution in [0, 0.1) is 6.92 Å². The van der Waals surface area contributed by atoms with E-state index in [0.717, 1.165) is 28.0 Å². The van der Waals surface area contributed by atoms with Crippen LogP contribution < -0.4 is 5.32 Å². The highest BCUT2D eigenvalue weighted by molar-refractivity contribution is 6.35. The first-order valence-electron chi connectivity index (χ1n) is 11.1. The highest BCUT2D eigenvalue weighted by Gasteiger charge is 2.24. The number of nitrogens with one attached hydrogen (secondary N) is 1. The standard InChI is InChI=1S/C28H24Cl3N3O/c1-17(14-20-8-7-11-22(29)15-20)27-18(2)26(28(35)32-19(3)21-9-5-4-6-10-21)33-34(27)25-13-12-23(30)16-24(25)31/h4-16,19H,1-3H3,(H,32,35)/b17-14+/t19-/m1/s1. The number of nitrogens with zero attached hydrogens (tertiary/aromatic N) is 2. The summed E-state index contributed by atoms with van der Waals surface area (Å²) >= 11 is 18.9. The molecule has 4 rings (SSSR count). The van der Waals surface area contributed by atoms with Gasteiger partial charge in [-0.3, -0.25) is 4.79 Å². The van der Waals surface area contributed by atoms with E-state index in [1.165, 1.54) is 0 Å². The first-order valence-corrected chi connectivity index (χ1v) is 12.2. The van der Waals surface area contributed by atoms with E-state index in [4.69, 9.17) is 39.9 Å². The third kappa shape index (κ3) is 5.62. The maximum Gasteiger partial charge on any atom is 0.272 e. The maximum absolute atomic E-state index is 13.3. The SMILES string of the molecule is C/C(=C\c1cccc(Cl)c1)c1c(C)c(C(=O)N[C@H](C)c2ccccc2)nn1-c1ccc(Cl)cc1Cl. The van der Waals surface area contributed by atoms with Gasteiger partial charge in [-0.05, 0) is 73.9 Å². The van der Waals surface area contributed by atoms with E-state index in [1.54, 1.807) is 22.9 Å². The second kappa shape index (κ2) is 10.7. The van der Waals surface area contributed by atoms with Gasteiger partial charge in [-0.1, -0.05) is 77.3 Å². The molecule has 1 atom stereocenters. The molecule has 0 saturated heterocycles. The lowest BCUT2D eigenvalue weighted by Gasteiger charge is -2.13. The predicted molar refractivity (Wildman–Crippen MR) is 146 cm³/mol. The third-order valence-corrected chi connectivity index (χ3v) is 6.50. The second-order valence-corrected chi connectivity index (χ2v) is 9.60. The number of aromatic nitrogens is 2. The Morgan fingerprint density at radius 2 is 1.69 bits per heavy atom. The first kappa shape index (κ1) is 25.1. The number of carbonyl (C=O) groups is 1. The summed E-state index contributed by atoms with van der Waals surface area (Å²) < 4.78 is 1.70. The van der Waals surface area contributed by atoms with Gasteiger partial charge >= 0.3 is 0 Å². The van der Waals surface area contributed by atoms with Crippen molar-refractivity contribution in [3.63, 3.8) is 0 Å². The summed E-state index contributed by atoms with van der Waals surface area (Å²) in [5.41, 5.74) is 5.31. The minimum absolute atomic E-state index is 0.182. The molecule has 0 saturated carbocycles. The Morgan fingerprint density at radius 1 is 0.971 bits per heavy atom. The molecule has 7 heteroatoms. The van der Waals surface area contributed by atoms with Crippen LogP contribution in [0.4, 0.5) is 0 Å². The second-order valence-electron chi connectivity index (χ2n) is 8.32. The molecule has 3 aromatic carbocycles. The summed E-state index contributed by atoms with van der Waals surface area (Å²) in [7, 11) is 0. The van der Waals surface area contributed by atoms with Crippen molar-refractivity contribution in [1.29, 1.82) is 0 Å². The molecule has 0 aliphatic heterocycles. The molecule has 0 spiro atoms. The summed E-state index contributed by atoms with van der Waals surface area (Å²) in [6, 6.07) is 22.4. The number of benzene rings is 3. The molecule has 0 bridgehead atoms. The summed E-state index contributed by atoms with van der Waals surface area (Å²) in [5, 5.41) is 9.36. The van der Waals surface area contributed by atoms with E-state index in [-0.39, 0.29) is 11.9 Å². The normalized spacial score (nSPS) is 12.5. The summed E-state index contributed by atoms with van der Waals surface area (Å²) in [6.07, 6.45) is 2.00. The van der Waals surface area contributed by atoms with E-state index < -0.39 is 0 Å². The molecule has 178 valence electrons. The van der Waals surface area contributed by atoms with Crippen molar-refractivity contribution in [2.75, 3.05) is 0 Å². The van der Waals surface area contributed by atoms with Crippen LogP contribution in [0.15, 0.2) is 72.8 Å². The van der Waals surface area contributed by atoms with E-state index in [9.17, 15) is 4.79 Å². The van der Waals surface area contributed by atoms with Gasteiger partial charge in [-0.2, -0.15) is 5.10 Å². The summed E-state index contributed by atoms with van der Waals surface area (Å²) in [4.78, 5) is 13.3. The number of halogens is 3. The number of rotatable bonds is 6. The minimum atomic E-state index is -0.264. The van der Waals surface area contributed by atoms with Crippen molar-refractivity contribution in [2.24, 2.45) is 0 Å². The average Bonchev–Trinajstić information content (AvgIpc) is 3.16. The summed E-state index contributed by atoms with van der Waals surface area (Å²) in [6.45, 7) is 5.81. The smallest absolute Gasteiger partial charge is 0.272 e. The van der Waals surface area contributed by atoms with Crippen molar-refractivity contribution in [2.45, 2.75) is 26.8 Å². The van der Waals surface area contributed by atoms with Crippen molar-refractivity contribution >= 4 is 52.4 Å². The van der Waals surface area contributed by atoms with Crippen LogP contribution in [0.1, 0.15) is 52.8 Å². The van der Waals surface area contributed by atoms with E-state index in [2.05, 4.69) is 5.32 Å². The molecule has 1 amide bonds. The highest BCUT2D eigenvalue weighted by Crippen LogP contribution is 2.31. The Bertz CT molecular complexity index is 1410. The topological polar surface area (TPSA) is 46.9 Å². The van der Waals surface area contributed by atoms with Crippen molar-refractivity contribution in [3.8, 4) is 5.69 Å². The molecule has 1 heterocycles. The number of hydrogen-bond acceptors (Lipinski definition) is 2. The lowest BCUT2D eigenvalue weighted by atomic mass is 10.0. The van der Waals surface area contributed by atoms with Crippen molar-refractivity contribution < 1.29 is 4.79 Å². The number of hydrogen-bond donors (Lipinski definition) is 1. The Kier molecular flexibility index (Phi) is 7.66. The van der Waals surface area contributed by atoms with Crippen LogP contribution in [-0.4, -0.2) is 15.7 Å². The first-order chi connectivity index (χ1) is 16.7. The molecule has 35 heavy (non-hydrogen) atoms. The molecule has 0 aliphatic rings. The molecule has 1 aromatic heterocycles. The van der Waals surface area contributed by atoms with Crippen LogP contribution in [0.3, 0.4) is 0 Å². The van der Waals surface area contributed by atoms with Gasteiger partial charge in [0, 0.05) is 15.6 Å². The molecule has 4 aromatic rings. The Balaban J connectivity index is 1.80. The van der Waals surface area contributed by atoms with Crippen molar-refractivity contribution in [1.82, 2.24) is 15.1 Å². The minimum Gasteiger partial charge on any atom is -0.344 e. The fourth-order valence-electron chi connectivity index (χ4n) is 4.01. The molecule has 0 radical (unpaired) electrons. The zero-order chi connectivity index (χ0) is 25.1. The zero-order valence-corrected chi connectivity index (χ0v) is 21.8. The van der Waals surface area contributed by atoms with Gasteiger partial charge in [0.05, 0.1) is 22.4 Å². The number of allylic oxidation sites excluding steroid dienone is 1. The van der Waals surface area contributed by atoms with Crippen LogP contribution in [-0.2, 0) is 0 Å².